The van der Waals surface area contributed by atoms with Gasteiger partial charge in [-0.3, -0.25) is 4.90 Å². The number of nitrogens with zero attached hydrogens (tertiary/aromatic N) is 2. The van der Waals surface area contributed by atoms with E-state index < -0.39 is 0 Å². The normalized spacial score (nSPS) is 49.1. The van der Waals surface area contributed by atoms with E-state index in [1.807, 2.05) is 0 Å². The fourth-order valence-electron chi connectivity index (χ4n) is 3.60. The molecule has 0 radical (unpaired) electrons. The molecular weight excluding hydrogens is 166 g/mol. The smallest absolute Gasteiger partial charge is 0.145 e. The molecule has 3 N–H and O–H groups in total. The Morgan fingerprint density at radius 2 is 2.38 bits per heavy atom. The number of hydrogen-bond acceptors (Lipinski definition) is 3. The first-order valence-electron chi connectivity index (χ1n) is 5.01. The van der Waals surface area contributed by atoms with Crippen LogP contribution in [0.1, 0.15) is 19.3 Å². The fraction of sp³-hybridized carbons (Fsp3) is 0.889. The van der Waals surface area contributed by atoms with Crippen LogP contribution in [0.2, 0.25) is 0 Å². The van der Waals surface area contributed by atoms with Crippen molar-refractivity contribution in [2.75, 3.05) is 13.1 Å². The van der Waals surface area contributed by atoms with Crippen LogP contribution in [0, 0.1) is 11.8 Å². The monoisotopic (exact) mass is 181 g/mol. The lowest BCUT2D eigenvalue weighted by atomic mass is 9.56. The van der Waals surface area contributed by atoms with Gasteiger partial charge < -0.3 is 10.9 Å². The third-order valence-corrected chi connectivity index (χ3v) is 4.42. The Hall–Kier alpha value is -0.770. The van der Waals surface area contributed by atoms with E-state index in [0.717, 1.165) is 12.5 Å². The molecule has 72 valence electrons. The second-order valence-electron chi connectivity index (χ2n) is 4.54. The van der Waals surface area contributed by atoms with E-state index in [1.165, 1.54) is 25.8 Å². The summed E-state index contributed by atoms with van der Waals surface area (Å²) in [5.41, 5.74) is 6.02. The van der Waals surface area contributed by atoms with Gasteiger partial charge in [-0.2, -0.15) is 0 Å². The van der Waals surface area contributed by atoms with E-state index in [9.17, 15) is 0 Å². The first-order valence-corrected chi connectivity index (χ1v) is 5.01. The Morgan fingerprint density at radius 1 is 1.54 bits per heavy atom. The van der Waals surface area contributed by atoms with E-state index in [2.05, 4.69) is 10.1 Å². The van der Waals surface area contributed by atoms with Crippen LogP contribution in [0.5, 0.6) is 0 Å². The highest BCUT2D eigenvalue weighted by Crippen LogP contribution is 2.60. The van der Waals surface area contributed by atoms with Crippen molar-refractivity contribution in [3.63, 3.8) is 0 Å². The lowest BCUT2D eigenvalue weighted by molar-refractivity contribution is -0.0995. The SMILES string of the molecule is N/C(=N\O)C1CN2CCC3CCC312. The molecular formula is C9H15N3O. The summed E-state index contributed by atoms with van der Waals surface area (Å²) >= 11 is 0. The largest absolute Gasteiger partial charge is 0.409 e. The molecule has 0 amide bonds. The van der Waals surface area contributed by atoms with Gasteiger partial charge in [0.25, 0.3) is 0 Å². The Kier molecular flexibility index (Phi) is 1.28. The average Bonchev–Trinajstić information content (AvgIpc) is 2.22. The van der Waals surface area contributed by atoms with Crippen molar-refractivity contribution in [3.05, 3.63) is 0 Å². The summed E-state index contributed by atoms with van der Waals surface area (Å²) in [5, 5.41) is 11.8. The topological polar surface area (TPSA) is 61.9 Å². The molecule has 4 heteroatoms. The molecule has 3 atom stereocenters. The molecule has 2 aliphatic heterocycles. The summed E-state index contributed by atoms with van der Waals surface area (Å²) in [6, 6.07) is 0. The molecule has 0 aromatic rings. The minimum Gasteiger partial charge on any atom is -0.409 e. The predicted octanol–water partition coefficient (Wildman–Crippen LogP) is 0.217. The number of oxime groups is 1. The summed E-state index contributed by atoms with van der Waals surface area (Å²) in [6.45, 7) is 2.23. The molecule has 13 heavy (non-hydrogen) atoms. The van der Waals surface area contributed by atoms with E-state index in [1.54, 1.807) is 0 Å². The van der Waals surface area contributed by atoms with Crippen LogP contribution in [-0.2, 0) is 0 Å². The van der Waals surface area contributed by atoms with Crippen LogP contribution in [-0.4, -0.2) is 34.6 Å². The van der Waals surface area contributed by atoms with Crippen molar-refractivity contribution in [2.45, 2.75) is 24.8 Å². The molecule has 3 unspecified atom stereocenters. The van der Waals surface area contributed by atoms with Gasteiger partial charge >= 0.3 is 0 Å². The minimum atomic E-state index is 0.330. The third kappa shape index (κ3) is 0.655. The molecule has 2 heterocycles. The number of rotatable bonds is 1. The van der Waals surface area contributed by atoms with Gasteiger partial charge in [0.2, 0.25) is 0 Å². The van der Waals surface area contributed by atoms with Crippen LogP contribution in [0.15, 0.2) is 5.16 Å². The summed E-state index contributed by atoms with van der Waals surface area (Å²) < 4.78 is 0. The molecule has 0 aromatic carbocycles. The van der Waals surface area contributed by atoms with E-state index in [4.69, 9.17) is 10.9 Å². The summed E-state index contributed by atoms with van der Waals surface area (Å²) in [6.07, 6.45) is 3.90. The highest BCUT2D eigenvalue weighted by Gasteiger charge is 2.66. The van der Waals surface area contributed by atoms with Crippen LogP contribution in [0.25, 0.3) is 0 Å². The van der Waals surface area contributed by atoms with Crippen LogP contribution in [0.3, 0.4) is 0 Å². The molecule has 1 aliphatic carbocycles. The molecule has 3 aliphatic rings. The zero-order valence-electron chi connectivity index (χ0n) is 7.61. The average molecular weight is 181 g/mol. The van der Waals surface area contributed by atoms with Crippen molar-refractivity contribution in [3.8, 4) is 0 Å². The van der Waals surface area contributed by atoms with Crippen molar-refractivity contribution >= 4 is 5.84 Å². The van der Waals surface area contributed by atoms with Gasteiger partial charge in [0, 0.05) is 12.1 Å². The Labute approximate surface area is 77.4 Å². The van der Waals surface area contributed by atoms with Gasteiger partial charge in [0.05, 0.1) is 5.92 Å². The van der Waals surface area contributed by atoms with Crippen molar-refractivity contribution < 1.29 is 5.21 Å². The Balaban J connectivity index is 1.88. The predicted molar refractivity (Wildman–Crippen MR) is 48.5 cm³/mol. The van der Waals surface area contributed by atoms with Gasteiger partial charge in [0.1, 0.15) is 5.84 Å². The van der Waals surface area contributed by atoms with Gasteiger partial charge in [-0.1, -0.05) is 5.16 Å². The number of nitrogens with two attached hydrogens (primary N) is 1. The molecule has 1 spiro atoms. The number of amidine groups is 1. The van der Waals surface area contributed by atoms with Crippen LogP contribution in [0.4, 0.5) is 0 Å². The Bertz CT molecular complexity index is 270. The maximum atomic E-state index is 8.66. The maximum absolute atomic E-state index is 8.66. The molecule has 4 nitrogen and oxygen atoms in total. The molecule has 2 saturated heterocycles. The quantitative estimate of drug-likeness (QED) is 0.263. The maximum Gasteiger partial charge on any atom is 0.145 e. The second-order valence-corrected chi connectivity index (χ2v) is 4.54. The van der Waals surface area contributed by atoms with Crippen molar-refractivity contribution in [2.24, 2.45) is 22.7 Å². The molecule has 3 fully saturated rings. The lowest BCUT2D eigenvalue weighted by Gasteiger charge is -2.62. The minimum absolute atomic E-state index is 0.330. The van der Waals surface area contributed by atoms with E-state index in [-0.39, 0.29) is 0 Å². The van der Waals surface area contributed by atoms with E-state index >= 15 is 0 Å². The molecule has 0 bridgehead atoms. The van der Waals surface area contributed by atoms with Crippen LogP contribution >= 0.6 is 0 Å². The van der Waals surface area contributed by atoms with Crippen molar-refractivity contribution in [1.82, 2.24) is 4.90 Å². The fourth-order valence-corrected chi connectivity index (χ4v) is 3.60. The van der Waals surface area contributed by atoms with Crippen LogP contribution < -0.4 is 5.73 Å². The van der Waals surface area contributed by atoms with Gasteiger partial charge in [-0.15, -0.1) is 0 Å². The highest BCUT2D eigenvalue weighted by atomic mass is 16.4. The highest BCUT2D eigenvalue weighted by molar-refractivity contribution is 5.85. The molecule has 1 saturated carbocycles. The zero-order valence-corrected chi connectivity index (χ0v) is 7.61. The Morgan fingerprint density at radius 3 is 2.92 bits per heavy atom. The second kappa shape index (κ2) is 2.18. The molecule has 3 rings (SSSR count). The standard InChI is InChI=1S/C9H15N3O/c10-8(11-13)7-5-12-4-2-6-1-3-9(6,7)12/h6-7,13H,1-5H2,(H2,10,11). The van der Waals surface area contributed by atoms with Gasteiger partial charge in [0.15, 0.2) is 0 Å². The number of hydrogen-bond donors (Lipinski definition) is 2. The van der Waals surface area contributed by atoms with Gasteiger partial charge in [-0.05, 0) is 31.7 Å². The summed E-state index contributed by atoms with van der Waals surface area (Å²) in [4.78, 5) is 2.52. The van der Waals surface area contributed by atoms with Crippen molar-refractivity contribution in [1.29, 1.82) is 0 Å². The lowest BCUT2D eigenvalue weighted by Crippen LogP contribution is -2.73. The zero-order chi connectivity index (χ0) is 9.05. The summed E-state index contributed by atoms with van der Waals surface area (Å²) in [7, 11) is 0. The third-order valence-electron chi connectivity index (χ3n) is 4.42. The van der Waals surface area contributed by atoms with E-state index in [0.29, 0.717) is 17.3 Å². The first kappa shape index (κ1) is 7.62. The first-order chi connectivity index (χ1) is 6.29. The molecule has 0 aromatic heterocycles. The van der Waals surface area contributed by atoms with Gasteiger partial charge in [-0.25, -0.2) is 0 Å². The summed E-state index contributed by atoms with van der Waals surface area (Å²) in [5.74, 6) is 1.60.